The van der Waals surface area contributed by atoms with Gasteiger partial charge in [0.05, 0.1) is 47.6 Å². The Morgan fingerprint density at radius 2 is 1.43 bits per heavy atom. The molecule has 13 heteroatoms. The summed E-state index contributed by atoms with van der Waals surface area (Å²) in [7, 11) is -7.62. The number of amides is 1. The van der Waals surface area contributed by atoms with Gasteiger partial charge in [0, 0.05) is 37.4 Å². The predicted octanol–water partition coefficient (Wildman–Crippen LogP) is 3.21. The molecule has 1 amide bonds. The van der Waals surface area contributed by atoms with Crippen molar-refractivity contribution in [1.29, 1.82) is 0 Å². The van der Waals surface area contributed by atoms with Gasteiger partial charge < -0.3 is 19.7 Å². The van der Waals surface area contributed by atoms with Gasteiger partial charge in [-0.2, -0.15) is 4.31 Å². The molecule has 2 saturated heterocycles. The molecule has 224 valence electrons. The average Bonchev–Trinajstić information content (AvgIpc) is 2.99. The van der Waals surface area contributed by atoms with Crippen LogP contribution >= 0.6 is 0 Å². The van der Waals surface area contributed by atoms with Gasteiger partial charge in [0.15, 0.2) is 0 Å². The molecule has 11 nitrogen and oxygen atoms in total. The number of aryl methyl sites for hydroxylation is 2. The first kappa shape index (κ1) is 30.0. The van der Waals surface area contributed by atoms with E-state index < -0.39 is 26.0 Å². The highest BCUT2D eigenvalue weighted by Crippen LogP contribution is 2.32. The van der Waals surface area contributed by atoms with E-state index in [0.29, 0.717) is 62.1 Å². The summed E-state index contributed by atoms with van der Waals surface area (Å²) in [5.74, 6) is -0.464. The minimum Gasteiger partial charge on any atom is -0.379 e. The molecule has 42 heavy (non-hydrogen) atoms. The van der Waals surface area contributed by atoms with Crippen molar-refractivity contribution in [1.82, 2.24) is 4.31 Å². The van der Waals surface area contributed by atoms with Gasteiger partial charge >= 0.3 is 0 Å². The van der Waals surface area contributed by atoms with Gasteiger partial charge in [0.1, 0.15) is 0 Å². The summed E-state index contributed by atoms with van der Waals surface area (Å²) < 4.78 is 67.4. The van der Waals surface area contributed by atoms with Crippen LogP contribution in [0, 0.1) is 13.8 Å². The molecule has 2 aliphatic rings. The summed E-state index contributed by atoms with van der Waals surface area (Å²) in [4.78, 5) is 15.6. The van der Waals surface area contributed by atoms with E-state index in [9.17, 15) is 21.6 Å². The molecule has 2 heterocycles. The van der Waals surface area contributed by atoms with Crippen molar-refractivity contribution < 1.29 is 31.1 Å². The Labute approximate surface area is 246 Å². The largest absolute Gasteiger partial charge is 0.379 e. The Hall–Kier alpha value is -3.49. The molecule has 2 aliphatic heterocycles. The summed E-state index contributed by atoms with van der Waals surface area (Å²) in [5, 5.41) is 2.88. The fourth-order valence-corrected chi connectivity index (χ4v) is 7.71. The van der Waals surface area contributed by atoms with Crippen molar-refractivity contribution in [2.45, 2.75) is 23.6 Å². The number of hydrogen-bond acceptors (Lipinski definition) is 8. The van der Waals surface area contributed by atoms with Crippen LogP contribution in [0.3, 0.4) is 0 Å². The number of sulfonamides is 2. The second-order valence-electron chi connectivity index (χ2n) is 10.2. The van der Waals surface area contributed by atoms with Crippen LogP contribution in [0.4, 0.5) is 17.1 Å². The van der Waals surface area contributed by atoms with E-state index in [4.69, 9.17) is 9.47 Å². The summed E-state index contributed by atoms with van der Waals surface area (Å²) in [6, 6.07) is 16.0. The van der Waals surface area contributed by atoms with Gasteiger partial charge in [-0.3, -0.25) is 9.52 Å². The van der Waals surface area contributed by atoms with Gasteiger partial charge in [-0.15, -0.1) is 0 Å². The Kier molecular flexibility index (Phi) is 8.85. The number of benzene rings is 3. The summed E-state index contributed by atoms with van der Waals surface area (Å²) in [6.07, 6.45) is 0. The SMILES string of the molecule is Cc1ccc(C)c(S(=O)(=O)Nc2ccc(C(=O)Nc3cc(S(=O)(=O)N4CCOCC4)ccc3N3CCOCC3)cc2)c1. The first-order valence-corrected chi connectivity index (χ1v) is 16.5. The predicted molar refractivity (Wildman–Crippen MR) is 160 cm³/mol. The Morgan fingerprint density at radius 1 is 0.786 bits per heavy atom. The molecule has 5 rings (SSSR count). The highest BCUT2D eigenvalue weighted by molar-refractivity contribution is 7.92. The van der Waals surface area contributed by atoms with E-state index in [1.165, 1.54) is 34.6 Å². The van der Waals surface area contributed by atoms with Crippen LogP contribution < -0.4 is 14.9 Å². The van der Waals surface area contributed by atoms with Crippen LogP contribution in [0.25, 0.3) is 0 Å². The van der Waals surface area contributed by atoms with Crippen LogP contribution in [-0.2, 0) is 29.5 Å². The van der Waals surface area contributed by atoms with E-state index in [0.717, 1.165) is 5.56 Å². The molecule has 3 aromatic carbocycles. The van der Waals surface area contributed by atoms with Gasteiger partial charge in [-0.25, -0.2) is 16.8 Å². The summed E-state index contributed by atoms with van der Waals surface area (Å²) >= 11 is 0. The van der Waals surface area contributed by atoms with Crippen LogP contribution in [0.15, 0.2) is 70.5 Å². The first-order valence-electron chi connectivity index (χ1n) is 13.6. The number of hydrogen-bond donors (Lipinski definition) is 2. The maximum Gasteiger partial charge on any atom is 0.262 e. The van der Waals surface area contributed by atoms with Crippen molar-refractivity contribution in [3.63, 3.8) is 0 Å². The fourth-order valence-electron chi connectivity index (χ4n) is 4.88. The molecule has 0 atom stereocenters. The zero-order valence-electron chi connectivity index (χ0n) is 23.5. The minimum absolute atomic E-state index is 0.0768. The van der Waals surface area contributed by atoms with Crippen molar-refractivity contribution in [2.24, 2.45) is 0 Å². The van der Waals surface area contributed by atoms with E-state index in [-0.39, 0.29) is 28.4 Å². The lowest BCUT2D eigenvalue weighted by Gasteiger charge is -2.31. The lowest BCUT2D eigenvalue weighted by Crippen LogP contribution is -2.40. The minimum atomic E-state index is -3.83. The van der Waals surface area contributed by atoms with Gasteiger partial charge in [0.2, 0.25) is 10.0 Å². The molecule has 0 spiro atoms. The molecule has 0 unspecified atom stereocenters. The molecule has 0 saturated carbocycles. The molecule has 2 fully saturated rings. The van der Waals surface area contributed by atoms with E-state index >= 15 is 0 Å². The molecule has 2 N–H and O–H groups in total. The monoisotopic (exact) mass is 614 g/mol. The maximum atomic E-state index is 13.3. The van der Waals surface area contributed by atoms with Crippen molar-refractivity contribution in [3.05, 3.63) is 77.4 Å². The van der Waals surface area contributed by atoms with Crippen molar-refractivity contribution in [2.75, 3.05) is 67.5 Å². The van der Waals surface area contributed by atoms with Gasteiger partial charge in [-0.1, -0.05) is 12.1 Å². The third kappa shape index (κ3) is 6.60. The molecule has 3 aromatic rings. The molecule has 0 aliphatic carbocycles. The number of morpholine rings is 2. The van der Waals surface area contributed by atoms with Gasteiger partial charge in [0.25, 0.3) is 15.9 Å². The fraction of sp³-hybridized carbons (Fsp3) is 0.345. The van der Waals surface area contributed by atoms with Crippen molar-refractivity contribution >= 4 is 43.0 Å². The number of carbonyl (C=O) groups excluding carboxylic acids is 1. The molecule has 0 radical (unpaired) electrons. The second kappa shape index (κ2) is 12.4. The van der Waals surface area contributed by atoms with Crippen LogP contribution in [0.2, 0.25) is 0 Å². The zero-order valence-corrected chi connectivity index (χ0v) is 25.1. The zero-order chi connectivity index (χ0) is 29.9. The normalized spacial score (nSPS) is 16.7. The number of anilines is 3. The summed E-state index contributed by atoms with van der Waals surface area (Å²) in [6.45, 7) is 6.93. The smallest absolute Gasteiger partial charge is 0.262 e. The number of nitrogens with zero attached hydrogens (tertiary/aromatic N) is 2. The van der Waals surface area contributed by atoms with Crippen LogP contribution in [0.5, 0.6) is 0 Å². The average molecular weight is 615 g/mol. The Bertz CT molecular complexity index is 1660. The summed E-state index contributed by atoms with van der Waals surface area (Å²) in [5.41, 5.74) is 3.07. The number of rotatable bonds is 8. The number of carbonyl (C=O) groups is 1. The molecular weight excluding hydrogens is 580 g/mol. The van der Waals surface area contributed by atoms with E-state index in [1.807, 2.05) is 17.9 Å². The third-order valence-electron chi connectivity index (χ3n) is 7.21. The van der Waals surface area contributed by atoms with Crippen molar-refractivity contribution in [3.8, 4) is 0 Å². The first-order chi connectivity index (χ1) is 20.0. The second-order valence-corrected chi connectivity index (χ2v) is 13.8. The van der Waals surface area contributed by atoms with Gasteiger partial charge in [-0.05, 0) is 73.5 Å². The highest BCUT2D eigenvalue weighted by Gasteiger charge is 2.28. The van der Waals surface area contributed by atoms with E-state index in [2.05, 4.69) is 10.0 Å². The molecule has 0 bridgehead atoms. The molecular formula is C29H34N4O7S2. The molecule has 0 aromatic heterocycles. The highest BCUT2D eigenvalue weighted by atomic mass is 32.2. The van der Waals surface area contributed by atoms with E-state index in [1.54, 1.807) is 31.2 Å². The maximum absolute atomic E-state index is 13.3. The number of nitrogens with one attached hydrogen (secondary N) is 2. The number of ether oxygens (including phenoxy) is 2. The standard InChI is InChI=1S/C29H34N4O7S2/c1-21-3-4-22(2)28(19-21)41(35,36)31-24-7-5-23(6-8-24)29(34)30-26-20-25(42(37,38)33-13-17-40-18-14-33)9-10-27(26)32-11-15-39-16-12-32/h3-10,19-20,31H,11-18H2,1-2H3,(H,30,34). The lowest BCUT2D eigenvalue weighted by atomic mass is 10.1. The third-order valence-corrected chi connectivity index (χ3v) is 10.6. The lowest BCUT2D eigenvalue weighted by molar-refractivity contribution is 0.0730. The van der Waals surface area contributed by atoms with Crippen LogP contribution in [0.1, 0.15) is 21.5 Å². The van der Waals surface area contributed by atoms with Crippen LogP contribution in [-0.4, -0.2) is 79.7 Å². The topological polar surface area (TPSA) is 134 Å². The Balaban J connectivity index is 1.38. The Morgan fingerprint density at radius 3 is 2.10 bits per heavy atom. The quantitative estimate of drug-likeness (QED) is 0.395.